The number of aryl methyl sites for hydroxylation is 1. The van der Waals surface area contributed by atoms with Gasteiger partial charge in [-0.2, -0.15) is 0 Å². The fourth-order valence-electron chi connectivity index (χ4n) is 3.55. The summed E-state index contributed by atoms with van der Waals surface area (Å²) in [5.74, 6) is -0.109. The van der Waals surface area contributed by atoms with Crippen molar-refractivity contribution in [3.63, 3.8) is 0 Å². The van der Waals surface area contributed by atoms with Crippen molar-refractivity contribution in [2.24, 2.45) is 0 Å². The number of hydrogen-bond donors (Lipinski definition) is 1. The summed E-state index contributed by atoms with van der Waals surface area (Å²) in [6.07, 6.45) is 5.21. The van der Waals surface area contributed by atoms with Crippen LogP contribution in [0.4, 0.5) is 10.1 Å². The first-order valence-corrected chi connectivity index (χ1v) is 7.37. The molecule has 1 N–H and O–H groups in total. The Balaban J connectivity index is 1.86. The Labute approximate surface area is 115 Å². The summed E-state index contributed by atoms with van der Waals surface area (Å²) in [6.45, 7) is 6.17. The van der Waals surface area contributed by atoms with Crippen LogP contribution in [0.15, 0.2) is 18.2 Å². The van der Waals surface area contributed by atoms with Crippen molar-refractivity contribution >= 4 is 5.69 Å². The molecule has 0 aromatic heterocycles. The molecule has 104 valence electrons. The molecule has 19 heavy (non-hydrogen) atoms. The van der Waals surface area contributed by atoms with E-state index < -0.39 is 0 Å². The van der Waals surface area contributed by atoms with Crippen LogP contribution in [0.3, 0.4) is 0 Å². The summed E-state index contributed by atoms with van der Waals surface area (Å²) in [5, 5.41) is 3.75. The van der Waals surface area contributed by atoms with E-state index in [0.717, 1.165) is 18.7 Å². The number of hydrogen-bond acceptors (Lipinski definition) is 2. The Morgan fingerprint density at radius 2 is 2.05 bits per heavy atom. The van der Waals surface area contributed by atoms with Crippen molar-refractivity contribution in [3.8, 4) is 0 Å². The normalized spacial score (nSPS) is 26.1. The van der Waals surface area contributed by atoms with Gasteiger partial charge in [0.15, 0.2) is 0 Å². The second-order valence-corrected chi connectivity index (χ2v) is 6.28. The second-order valence-electron chi connectivity index (χ2n) is 6.28. The maximum atomic E-state index is 13.4. The van der Waals surface area contributed by atoms with E-state index in [4.69, 9.17) is 0 Å². The Hall–Kier alpha value is -1.09. The minimum absolute atomic E-state index is 0.109. The molecule has 2 fully saturated rings. The number of benzene rings is 1. The van der Waals surface area contributed by atoms with Crippen molar-refractivity contribution in [1.82, 2.24) is 5.32 Å². The van der Waals surface area contributed by atoms with Gasteiger partial charge < -0.3 is 10.2 Å². The number of rotatable bonds is 1. The van der Waals surface area contributed by atoms with E-state index in [1.54, 1.807) is 6.07 Å². The minimum atomic E-state index is -0.109. The van der Waals surface area contributed by atoms with Gasteiger partial charge in [0, 0.05) is 30.4 Å². The standard InChI is InChI=1S/C16H23FN2/c1-12-9-14(5-6-15(12)17)19-11-16(7-3-4-8-16)18-10-13(19)2/h5-6,9,13,18H,3-4,7-8,10-11H2,1-2H3. The maximum absolute atomic E-state index is 13.4. The van der Waals surface area contributed by atoms with Gasteiger partial charge in [-0.3, -0.25) is 0 Å². The molecule has 1 saturated heterocycles. The first kappa shape index (κ1) is 12.9. The van der Waals surface area contributed by atoms with Crippen LogP contribution in [0.5, 0.6) is 0 Å². The van der Waals surface area contributed by atoms with E-state index in [2.05, 4.69) is 17.1 Å². The van der Waals surface area contributed by atoms with Crippen LogP contribution < -0.4 is 10.2 Å². The van der Waals surface area contributed by atoms with E-state index in [0.29, 0.717) is 11.6 Å². The minimum Gasteiger partial charge on any atom is -0.366 e. The zero-order valence-electron chi connectivity index (χ0n) is 11.9. The lowest BCUT2D eigenvalue weighted by molar-refractivity contribution is 0.276. The highest BCUT2D eigenvalue weighted by atomic mass is 19.1. The molecular weight excluding hydrogens is 239 g/mol. The lowest BCUT2D eigenvalue weighted by atomic mass is 9.92. The van der Waals surface area contributed by atoms with Gasteiger partial charge in [0.25, 0.3) is 0 Å². The fourth-order valence-corrected chi connectivity index (χ4v) is 3.55. The predicted octanol–water partition coefficient (Wildman–Crippen LogP) is 3.25. The van der Waals surface area contributed by atoms with Gasteiger partial charge in [0.2, 0.25) is 0 Å². The molecule has 3 rings (SSSR count). The highest BCUT2D eigenvalue weighted by Gasteiger charge is 2.39. The topological polar surface area (TPSA) is 15.3 Å². The van der Waals surface area contributed by atoms with Crippen molar-refractivity contribution < 1.29 is 4.39 Å². The monoisotopic (exact) mass is 262 g/mol. The van der Waals surface area contributed by atoms with E-state index in [9.17, 15) is 4.39 Å². The third-order valence-electron chi connectivity index (χ3n) is 4.81. The third-order valence-corrected chi connectivity index (χ3v) is 4.81. The van der Waals surface area contributed by atoms with E-state index in [-0.39, 0.29) is 5.82 Å². The number of halogens is 1. The molecule has 2 aliphatic rings. The Bertz CT molecular complexity index is 466. The summed E-state index contributed by atoms with van der Waals surface area (Å²) in [7, 11) is 0. The van der Waals surface area contributed by atoms with E-state index in [1.165, 1.54) is 31.4 Å². The van der Waals surface area contributed by atoms with Gasteiger partial charge in [-0.25, -0.2) is 4.39 Å². The Kier molecular flexibility index (Phi) is 3.25. The van der Waals surface area contributed by atoms with E-state index in [1.807, 2.05) is 19.1 Å². The first-order valence-electron chi connectivity index (χ1n) is 7.37. The zero-order chi connectivity index (χ0) is 13.5. The smallest absolute Gasteiger partial charge is 0.126 e. The van der Waals surface area contributed by atoms with Crippen molar-refractivity contribution in [3.05, 3.63) is 29.6 Å². The molecule has 1 heterocycles. The molecule has 1 aliphatic heterocycles. The molecule has 2 nitrogen and oxygen atoms in total. The lowest BCUT2D eigenvalue weighted by Gasteiger charge is -2.46. The molecule has 0 bridgehead atoms. The van der Waals surface area contributed by atoms with Crippen molar-refractivity contribution in [1.29, 1.82) is 0 Å². The Morgan fingerprint density at radius 1 is 1.32 bits per heavy atom. The first-order chi connectivity index (χ1) is 9.10. The molecule has 0 radical (unpaired) electrons. The van der Waals surface area contributed by atoms with Gasteiger partial charge in [0.05, 0.1) is 0 Å². The Morgan fingerprint density at radius 3 is 2.74 bits per heavy atom. The SMILES string of the molecule is Cc1cc(N2CC3(CCCC3)NCC2C)ccc1F. The van der Waals surface area contributed by atoms with Crippen LogP contribution in [-0.4, -0.2) is 24.7 Å². The molecule has 1 spiro atoms. The third kappa shape index (κ3) is 2.36. The molecule has 1 aromatic carbocycles. The van der Waals surface area contributed by atoms with Crippen LogP contribution in [0, 0.1) is 12.7 Å². The largest absolute Gasteiger partial charge is 0.366 e. The van der Waals surface area contributed by atoms with Gasteiger partial charge in [-0.05, 0) is 50.5 Å². The molecular formula is C16H23FN2. The van der Waals surface area contributed by atoms with E-state index >= 15 is 0 Å². The average molecular weight is 262 g/mol. The van der Waals surface area contributed by atoms with Gasteiger partial charge >= 0.3 is 0 Å². The molecule has 1 unspecified atom stereocenters. The van der Waals surface area contributed by atoms with Crippen molar-refractivity contribution in [2.45, 2.75) is 51.1 Å². The molecule has 1 aliphatic carbocycles. The average Bonchev–Trinajstić information content (AvgIpc) is 2.85. The lowest BCUT2D eigenvalue weighted by Crippen LogP contribution is -2.62. The number of nitrogens with one attached hydrogen (secondary N) is 1. The van der Waals surface area contributed by atoms with Crippen LogP contribution in [0.25, 0.3) is 0 Å². The highest BCUT2D eigenvalue weighted by Crippen LogP contribution is 2.35. The highest BCUT2D eigenvalue weighted by molar-refractivity contribution is 5.51. The van der Waals surface area contributed by atoms with Crippen LogP contribution >= 0.6 is 0 Å². The summed E-state index contributed by atoms with van der Waals surface area (Å²) in [5.41, 5.74) is 2.21. The van der Waals surface area contributed by atoms with Crippen LogP contribution in [0.2, 0.25) is 0 Å². The van der Waals surface area contributed by atoms with Gasteiger partial charge in [-0.15, -0.1) is 0 Å². The summed E-state index contributed by atoms with van der Waals surface area (Å²) in [4.78, 5) is 2.45. The quantitative estimate of drug-likeness (QED) is 0.836. The van der Waals surface area contributed by atoms with Gasteiger partial charge in [0.1, 0.15) is 5.82 Å². The maximum Gasteiger partial charge on any atom is 0.126 e. The molecule has 1 atom stereocenters. The molecule has 0 amide bonds. The summed E-state index contributed by atoms with van der Waals surface area (Å²) in [6, 6.07) is 5.98. The summed E-state index contributed by atoms with van der Waals surface area (Å²) >= 11 is 0. The van der Waals surface area contributed by atoms with Crippen LogP contribution in [-0.2, 0) is 0 Å². The molecule has 1 aromatic rings. The number of piperazine rings is 1. The molecule has 3 heteroatoms. The van der Waals surface area contributed by atoms with Crippen molar-refractivity contribution in [2.75, 3.05) is 18.0 Å². The molecule has 1 saturated carbocycles. The summed E-state index contributed by atoms with van der Waals surface area (Å²) < 4.78 is 13.4. The van der Waals surface area contributed by atoms with Crippen LogP contribution in [0.1, 0.15) is 38.2 Å². The fraction of sp³-hybridized carbons (Fsp3) is 0.625. The zero-order valence-corrected chi connectivity index (χ0v) is 11.9. The van der Waals surface area contributed by atoms with Gasteiger partial charge in [-0.1, -0.05) is 12.8 Å². The number of anilines is 1. The predicted molar refractivity (Wildman–Crippen MR) is 77.1 cm³/mol. The second kappa shape index (κ2) is 4.78. The number of nitrogens with zero attached hydrogens (tertiary/aromatic N) is 1.